The monoisotopic (exact) mass is 420 g/mol. The van der Waals surface area contributed by atoms with Gasteiger partial charge in [-0.1, -0.05) is 12.1 Å². The molecule has 10 nitrogen and oxygen atoms in total. The van der Waals surface area contributed by atoms with Crippen LogP contribution in [0.5, 0.6) is 0 Å². The number of hydroxylamine groups is 1. The standard InChI is InChI=1S/C18H20N4O6S/c1-13-3-2-4-15(11-13)29(27,28)21-9-7-20(8-10-21)16-6-5-14(18(23)19-24)12-17(16)22(25)26/h2-6,11-12,24H,7-10H2,1H3,(H,19,23). The van der Waals surface area contributed by atoms with Crippen LogP contribution in [0.2, 0.25) is 0 Å². The zero-order chi connectivity index (χ0) is 21.2. The molecule has 0 spiro atoms. The van der Waals surface area contributed by atoms with Gasteiger partial charge in [0.25, 0.3) is 11.6 Å². The molecule has 0 atom stereocenters. The average Bonchev–Trinajstić information content (AvgIpc) is 2.72. The van der Waals surface area contributed by atoms with Gasteiger partial charge in [0.2, 0.25) is 10.0 Å². The van der Waals surface area contributed by atoms with Crippen molar-refractivity contribution in [1.29, 1.82) is 0 Å². The lowest BCUT2D eigenvalue weighted by molar-refractivity contribution is -0.384. The summed E-state index contributed by atoms with van der Waals surface area (Å²) in [5, 5.41) is 20.2. The van der Waals surface area contributed by atoms with Crippen molar-refractivity contribution in [3.63, 3.8) is 0 Å². The summed E-state index contributed by atoms with van der Waals surface area (Å²) < 4.78 is 27.0. The van der Waals surface area contributed by atoms with Crippen molar-refractivity contribution < 1.29 is 23.3 Å². The molecule has 0 radical (unpaired) electrons. The van der Waals surface area contributed by atoms with Gasteiger partial charge in [-0.15, -0.1) is 0 Å². The Hall–Kier alpha value is -3.02. The van der Waals surface area contributed by atoms with Gasteiger partial charge in [0, 0.05) is 37.8 Å². The number of anilines is 1. The molecule has 0 unspecified atom stereocenters. The van der Waals surface area contributed by atoms with E-state index in [1.54, 1.807) is 23.1 Å². The van der Waals surface area contributed by atoms with Crippen LogP contribution in [0.15, 0.2) is 47.4 Å². The Morgan fingerprint density at radius 2 is 1.83 bits per heavy atom. The van der Waals surface area contributed by atoms with E-state index in [-0.39, 0.29) is 48.0 Å². The third-order valence-corrected chi connectivity index (χ3v) is 6.64. The van der Waals surface area contributed by atoms with Crippen LogP contribution in [0.4, 0.5) is 11.4 Å². The molecule has 154 valence electrons. The molecule has 1 amide bonds. The molecule has 0 aromatic heterocycles. The molecule has 0 aliphatic carbocycles. The predicted octanol–water partition coefficient (Wildman–Crippen LogP) is 1.53. The molecule has 0 saturated carbocycles. The van der Waals surface area contributed by atoms with E-state index in [0.717, 1.165) is 11.6 Å². The fourth-order valence-electron chi connectivity index (χ4n) is 3.24. The summed E-state index contributed by atoms with van der Waals surface area (Å²) in [6.07, 6.45) is 0. The fraction of sp³-hybridized carbons (Fsp3) is 0.278. The van der Waals surface area contributed by atoms with E-state index >= 15 is 0 Å². The third-order valence-electron chi connectivity index (χ3n) is 4.74. The first-order chi connectivity index (χ1) is 13.7. The summed E-state index contributed by atoms with van der Waals surface area (Å²) in [4.78, 5) is 24.3. The zero-order valence-corrected chi connectivity index (χ0v) is 16.4. The summed E-state index contributed by atoms with van der Waals surface area (Å²) in [5.41, 5.74) is 2.23. The molecule has 1 saturated heterocycles. The van der Waals surface area contributed by atoms with Crippen LogP contribution < -0.4 is 10.4 Å². The molecular formula is C18H20N4O6S. The van der Waals surface area contributed by atoms with E-state index in [2.05, 4.69) is 0 Å². The van der Waals surface area contributed by atoms with Gasteiger partial charge in [0.1, 0.15) is 5.69 Å². The van der Waals surface area contributed by atoms with Crippen molar-refractivity contribution in [3.05, 3.63) is 63.7 Å². The number of amides is 1. The number of nitro groups is 1. The number of benzene rings is 2. The summed E-state index contributed by atoms with van der Waals surface area (Å²) in [6.45, 7) is 2.68. The number of aryl methyl sites for hydroxylation is 1. The Kier molecular flexibility index (Phi) is 5.82. The summed E-state index contributed by atoms with van der Waals surface area (Å²) in [5.74, 6) is -0.853. The van der Waals surface area contributed by atoms with Crippen LogP contribution in [-0.2, 0) is 10.0 Å². The quantitative estimate of drug-likeness (QED) is 0.426. The van der Waals surface area contributed by atoms with Gasteiger partial charge in [-0.05, 0) is 36.8 Å². The molecule has 1 fully saturated rings. The lowest BCUT2D eigenvalue weighted by atomic mass is 10.1. The minimum absolute atomic E-state index is 0.0522. The number of hydrogen-bond donors (Lipinski definition) is 2. The summed E-state index contributed by atoms with van der Waals surface area (Å²) in [6, 6.07) is 10.5. The van der Waals surface area contributed by atoms with Crippen molar-refractivity contribution in [1.82, 2.24) is 9.79 Å². The smallest absolute Gasteiger partial charge is 0.293 e. The largest absolute Gasteiger partial charge is 0.363 e. The minimum atomic E-state index is -3.65. The maximum absolute atomic E-state index is 12.8. The number of piperazine rings is 1. The average molecular weight is 420 g/mol. The second-order valence-electron chi connectivity index (χ2n) is 6.61. The number of hydrogen-bond acceptors (Lipinski definition) is 7. The molecular weight excluding hydrogens is 400 g/mol. The van der Waals surface area contributed by atoms with Gasteiger partial charge in [0.05, 0.1) is 9.82 Å². The zero-order valence-electron chi connectivity index (χ0n) is 15.6. The Bertz CT molecular complexity index is 1050. The number of nitrogens with one attached hydrogen (secondary N) is 1. The van der Waals surface area contributed by atoms with E-state index in [1.807, 2.05) is 13.0 Å². The number of nitrogens with zero attached hydrogens (tertiary/aromatic N) is 3. The van der Waals surface area contributed by atoms with Gasteiger partial charge in [-0.2, -0.15) is 4.31 Å². The molecule has 2 N–H and O–H groups in total. The van der Waals surface area contributed by atoms with E-state index in [4.69, 9.17) is 5.21 Å². The molecule has 29 heavy (non-hydrogen) atoms. The van der Waals surface area contributed by atoms with E-state index in [9.17, 15) is 23.3 Å². The molecule has 1 aliphatic heterocycles. The fourth-order valence-corrected chi connectivity index (χ4v) is 4.76. The van der Waals surface area contributed by atoms with Gasteiger partial charge in [-0.3, -0.25) is 20.1 Å². The SMILES string of the molecule is Cc1cccc(S(=O)(=O)N2CCN(c3ccc(C(=O)NO)cc3[N+](=O)[O-])CC2)c1. The van der Waals surface area contributed by atoms with Crippen LogP contribution in [-0.4, -0.2) is 54.9 Å². The number of carbonyl (C=O) groups is 1. The number of sulfonamides is 1. The molecule has 0 bridgehead atoms. The van der Waals surface area contributed by atoms with E-state index in [1.165, 1.54) is 21.9 Å². The molecule has 11 heteroatoms. The predicted molar refractivity (Wildman–Crippen MR) is 104 cm³/mol. The first-order valence-corrected chi connectivity index (χ1v) is 10.2. The highest BCUT2D eigenvalue weighted by Crippen LogP contribution is 2.31. The Balaban J connectivity index is 1.80. The Morgan fingerprint density at radius 3 is 2.41 bits per heavy atom. The lowest BCUT2D eigenvalue weighted by Crippen LogP contribution is -2.48. The van der Waals surface area contributed by atoms with Crippen molar-refractivity contribution in [2.45, 2.75) is 11.8 Å². The Morgan fingerprint density at radius 1 is 1.14 bits per heavy atom. The molecule has 1 heterocycles. The first kappa shape index (κ1) is 20.7. The third kappa shape index (κ3) is 4.21. The van der Waals surface area contributed by atoms with Gasteiger partial charge < -0.3 is 4.90 Å². The van der Waals surface area contributed by atoms with Crippen LogP contribution in [0, 0.1) is 17.0 Å². The second kappa shape index (κ2) is 8.15. The maximum Gasteiger partial charge on any atom is 0.293 e. The molecule has 1 aliphatic rings. The van der Waals surface area contributed by atoms with E-state index in [0.29, 0.717) is 0 Å². The topological polar surface area (TPSA) is 133 Å². The summed E-state index contributed by atoms with van der Waals surface area (Å²) >= 11 is 0. The highest BCUT2D eigenvalue weighted by atomic mass is 32.2. The Labute approximate surface area is 167 Å². The summed E-state index contributed by atoms with van der Waals surface area (Å²) in [7, 11) is -3.65. The normalized spacial score (nSPS) is 15.2. The van der Waals surface area contributed by atoms with Gasteiger partial charge in [0.15, 0.2) is 0 Å². The lowest BCUT2D eigenvalue weighted by Gasteiger charge is -2.35. The van der Waals surface area contributed by atoms with Crippen LogP contribution >= 0.6 is 0 Å². The highest BCUT2D eigenvalue weighted by molar-refractivity contribution is 7.89. The van der Waals surface area contributed by atoms with E-state index < -0.39 is 20.9 Å². The van der Waals surface area contributed by atoms with Crippen LogP contribution in [0.3, 0.4) is 0 Å². The van der Waals surface area contributed by atoms with Gasteiger partial charge >= 0.3 is 0 Å². The second-order valence-corrected chi connectivity index (χ2v) is 8.55. The highest BCUT2D eigenvalue weighted by Gasteiger charge is 2.31. The molecule has 2 aromatic rings. The molecule has 3 rings (SSSR count). The van der Waals surface area contributed by atoms with Crippen molar-refractivity contribution in [3.8, 4) is 0 Å². The number of nitro benzene ring substituents is 1. The molecule has 2 aromatic carbocycles. The number of rotatable bonds is 5. The van der Waals surface area contributed by atoms with Gasteiger partial charge in [-0.25, -0.2) is 13.9 Å². The first-order valence-electron chi connectivity index (χ1n) is 8.78. The maximum atomic E-state index is 12.8. The minimum Gasteiger partial charge on any atom is -0.363 e. The number of carbonyl (C=O) groups excluding carboxylic acids is 1. The van der Waals surface area contributed by atoms with Crippen molar-refractivity contribution in [2.24, 2.45) is 0 Å². The van der Waals surface area contributed by atoms with Crippen molar-refractivity contribution in [2.75, 3.05) is 31.1 Å². The van der Waals surface area contributed by atoms with Crippen LogP contribution in [0.25, 0.3) is 0 Å². The van der Waals surface area contributed by atoms with Crippen molar-refractivity contribution >= 4 is 27.3 Å². The van der Waals surface area contributed by atoms with Crippen LogP contribution in [0.1, 0.15) is 15.9 Å².